The fourth-order valence-electron chi connectivity index (χ4n) is 3.43. The van der Waals surface area contributed by atoms with Crippen LogP contribution in [0.25, 0.3) is 0 Å². The van der Waals surface area contributed by atoms with E-state index in [1.165, 1.54) is 6.42 Å². The number of carbonyl (C=O) groups is 1. The molecule has 2 saturated carbocycles. The maximum Gasteiger partial charge on any atom is 0.402 e. The minimum atomic E-state index is -5.56. The Balaban J connectivity index is 1.87. The number of hydrogen-bond donors (Lipinski definition) is 1. The first-order valence-electron chi connectivity index (χ1n) is 7.22. The summed E-state index contributed by atoms with van der Waals surface area (Å²) in [5.74, 6) is -0.182. The minimum absolute atomic E-state index is 0.437. The van der Waals surface area contributed by atoms with Crippen LogP contribution in [-0.2, 0) is 19.6 Å². The Bertz CT molecular complexity index is 491. The number of rotatable bonds is 4. The van der Waals surface area contributed by atoms with Crippen LogP contribution in [0, 0.1) is 17.8 Å². The number of carbonyl (C=O) groups excluding carboxylic acids is 1. The average Bonchev–Trinajstić information content (AvgIpc) is 2.43. The quantitative estimate of drug-likeness (QED) is 0.634. The molecule has 0 bridgehead atoms. The van der Waals surface area contributed by atoms with E-state index >= 15 is 0 Å². The Morgan fingerprint density at radius 2 is 1.76 bits per heavy atom. The van der Waals surface area contributed by atoms with Crippen molar-refractivity contribution in [2.24, 2.45) is 17.8 Å². The summed E-state index contributed by atoms with van der Waals surface area (Å²) in [6.45, 7) is -1.63. The Morgan fingerprint density at radius 3 is 2.38 bits per heavy atom. The molecular weight excluding hydrogens is 306 g/mol. The van der Waals surface area contributed by atoms with Crippen LogP contribution in [0.2, 0.25) is 0 Å². The fraction of sp³-hybridized carbons (Fsp3) is 0.923. The van der Waals surface area contributed by atoms with E-state index in [0.29, 0.717) is 24.7 Å². The molecular formula is C13H20F2O5S. The zero-order valence-corrected chi connectivity index (χ0v) is 12.4. The molecule has 0 spiro atoms. The summed E-state index contributed by atoms with van der Waals surface area (Å²) in [5.41, 5.74) is 0. The molecule has 0 aromatic heterocycles. The van der Waals surface area contributed by atoms with Gasteiger partial charge in [0.15, 0.2) is 6.61 Å². The first-order chi connectivity index (χ1) is 9.71. The molecule has 5 nitrogen and oxygen atoms in total. The molecule has 3 atom stereocenters. The average molecular weight is 326 g/mol. The van der Waals surface area contributed by atoms with E-state index < -0.39 is 33.9 Å². The molecule has 122 valence electrons. The van der Waals surface area contributed by atoms with Gasteiger partial charge in [-0.05, 0) is 31.1 Å². The summed E-state index contributed by atoms with van der Waals surface area (Å²) >= 11 is 0. The van der Waals surface area contributed by atoms with Crippen LogP contribution in [-0.4, -0.2) is 30.8 Å². The highest BCUT2D eigenvalue weighted by atomic mass is 32.2. The first-order valence-corrected chi connectivity index (χ1v) is 8.66. The number of hydrogen-bond acceptors (Lipinski definition) is 4. The molecule has 0 saturated heterocycles. The molecule has 0 heterocycles. The summed E-state index contributed by atoms with van der Waals surface area (Å²) in [7, 11) is -5.56. The lowest BCUT2D eigenvalue weighted by atomic mass is 9.67. The van der Waals surface area contributed by atoms with Gasteiger partial charge < -0.3 is 4.74 Å². The van der Waals surface area contributed by atoms with Crippen molar-refractivity contribution in [1.29, 1.82) is 0 Å². The molecule has 0 aromatic carbocycles. The molecule has 2 rings (SSSR count). The van der Waals surface area contributed by atoms with E-state index in [-0.39, 0.29) is 0 Å². The molecule has 2 aliphatic rings. The van der Waals surface area contributed by atoms with Crippen molar-refractivity contribution in [1.82, 2.24) is 0 Å². The van der Waals surface area contributed by atoms with Crippen LogP contribution in [0.3, 0.4) is 0 Å². The van der Waals surface area contributed by atoms with Crippen molar-refractivity contribution >= 4 is 16.1 Å². The van der Waals surface area contributed by atoms with Crippen molar-refractivity contribution in [3.05, 3.63) is 0 Å². The van der Waals surface area contributed by atoms with Gasteiger partial charge in [-0.25, -0.2) is 0 Å². The largest absolute Gasteiger partial charge is 0.458 e. The number of halogens is 2. The van der Waals surface area contributed by atoms with Crippen LogP contribution >= 0.6 is 0 Å². The minimum Gasteiger partial charge on any atom is -0.458 e. The van der Waals surface area contributed by atoms with Gasteiger partial charge >= 0.3 is 21.3 Å². The lowest BCUT2D eigenvalue weighted by Gasteiger charge is -2.38. The maximum atomic E-state index is 13.0. The second-order valence-corrected chi connectivity index (χ2v) is 7.58. The second kappa shape index (κ2) is 6.16. The van der Waals surface area contributed by atoms with Gasteiger partial charge in [0.1, 0.15) is 0 Å². The van der Waals surface area contributed by atoms with Gasteiger partial charge in [0.2, 0.25) is 0 Å². The van der Waals surface area contributed by atoms with Gasteiger partial charge in [0, 0.05) is 0 Å². The fourth-order valence-corrected chi connectivity index (χ4v) is 3.64. The number of esters is 1. The van der Waals surface area contributed by atoms with Crippen molar-refractivity contribution in [2.45, 2.75) is 50.2 Å². The molecule has 0 radical (unpaired) electrons. The molecule has 2 fully saturated rings. The van der Waals surface area contributed by atoms with Crippen molar-refractivity contribution in [3.8, 4) is 0 Å². The maximum absolute atomic E-state index is 13.0. The summed E-state index contributed by atoms with van der Waals surface area (Å²) in [6, 6.07) is 0. The standard InChI is InChI=1S/C13H20F2O5S/c14-13(15,21(17,18)19)8-20-12(16)11-6-5-9-3-1-2-4-10(9)7-11/h9-11H,1-8H2,(H,17,18,19). The van der Waals surface area contributed by atoms with Crippen LogP contribution in [0.15, 0.2) is 0 Å². The van der Waals surface area contributed by atoms with Crippen LogP contribution in [0.4, 0.5) is 8.78 Å². The third-order valence-electron chi connectivity index (χ3n) is 4.63. The summed E-state index contributed by atoms with van der Waals surface area (Å²) < 4.78 is 59.7. The molecule has 2 aliphatic carbocycles. The molecule has 8 heteroatoms. The van der Waals surface area contributed by atoms with Crippen LogP contribution < -0.4 is 0 Å². The van der Waals surface area contributed by atoms with E-state index in [2.05, 4.69) is 4.74 Å². The summed E-state index contributed by atoms with van der Waals surface area (Å²) in [6.07, 6.45) is 6.65. The topological polar surface area (TPSA) is 80.7 Å². The molecule has 0 aliphatic heterocycles. The molecule has 0 aromatic rings. The third kappa shape index (κ3) is 3.91. The van der Waals surface area contributed by atoms with E-state index in [1.807, 2.05) is 0 Å². The smallest absolute Gasteiger partial charge is 0.402 e. The van der Waals surface area contributed by atoms with Gasteiger partial charge in [-0.1, -0.05) is 25.7 Å². The third-order valence-corrected chi connectivity index (χ3v) is 5.51. The van der Waals surface area contributed by atoms with Gasteiger partial charge in [-0.3, -0.25) is 9.35 Å². The Hall–Kier alpha value is -0.760. The van der Waals surface area contributed by atoms with E-state index in [9.17, 15) is 22.0 Å². The van der Waals surface area contributed by atoms with E-state index in [0.717, 1.165) is 25.7 Å². The number of alkyl halides is 2. The zero-order chi connectivity index (χ0) is 15.7. The summed E-state index contributed by atoms with van der Waals surface area (Å²) in [5, 5.41) is -4.45. The van der Waals surface area contributed by atoms with E-state index in [1.54, 1.807) is 0 Å². The Morgan fingerprint density at radius 1 is 1.14 bits per heavy atom. The Kier molecular flexibility index (Phi) is 4.87. The van der Waals surface area contributed by atoms with Gasteiger partial charge in [-0.15, -0.1) is 0 Å². The Labute approximate surface area is 122 Å². The second-order valence-electron chi connectivity index (χ2n) is 6.03. The van der Waals surface area contributed by atoms with Crippen molar-refractivity contribution < 1.29 is 31.3 Å². The highest BCUT2D eigenvalue weighted by Gasteiger charge is 2.46. The van der Waals surface area contributed by atoms with E-state index in [4.69, 9.17) is 4.55 Å². The van der Waals surface area contributed by atoms with Gasteiger partial charge in [0.25, 0.3) is 0 Å². The highest BCUT2D eigenvalue weighted by molar-refractivity contribution is 7.86. The van der Waals surface area contributed by atoms with Crippen LogP contribution in [0.1, 0.15) is 44.9 Å². The predicted molar refractivity (Wildman–Crippen MR) is 70.2 cm³/mol. The zero-order valence-electron chi connectivity index (χ0n) is 11.6. The first kappa shape index (κ1) is 16.6. The number of ether oxygens (including phenoxy) is 1. The molecule has 21 heavy (non-hydrogen) atoms. The monoisotopic (exact) mass is 326 g/mol. The van der Waals surface area contributed by atoms with Gasteiger partial charge in [-0.2, -0.15) is 17.2 Å². The predicted octanol–water partition coefficient (Wildman–Crippen LogP) is 2.62. The highest BCUT2D eigenvalue weighted by Crippen LogP contribution is 2.43. The van der Waals surface area contributed by atoms with Crippen molar-refractivity contribution in [2.75, 3.05) is 6.61 Å². The normalized spacial score (nSPS) is 30.5. The summed E-state index contributed by atoms with van der Waals surface area (Å²) in [4.78, 5) is 11.8. The van der Waals surface area contributed by atoms with Crippen LogP contribution in [0.5, 0.6) is 0 Å². The lowest BCUT2D eigenvalue weighted by Crippen LogP contribution is -2.37. The molecule has 1 N–H and O–H groups in total. The lowest BCUT2D eigenvalue weighted by molar-refractivity contribution is -0.157. The number of fused-ring (bicyclic) bond motifs is 1. The molecule has 0 amide bonds. The SMILES string of the molecule is O=C(OCC(F)(F)S(=O)(=O)O)C1CCC2CCCCC2C1. The van der Waals surface area contributed by atoms with Gasteiger partial charge in [0.05, 0.1) is 5.92 Å². The molecule has 3 unspecified atom stereocenters. The van der Waals surface area contributed by atoms with Crippen molar-refractivity contribution in [3.63, 3.8) is 0 Å².